The van der Waals surface area contributed by atoms with Crippen LogP contribution < -0.4 is 4.90 Å². The number of nitrogens with zero attached hydrogens (tertiary/aromatic N) is 4. The first-order valence-corrected chi connectivity index (χ1v) is 10.6. The van der Waals surface area contributed by atoms with Crippen molar-refractivity contribution < 1.29 is 23.9 Å². The Kier molecular flexibility index (Phi) is 6.44. The number of esters is 1. The van der Waals surface area contributed by atoms with E-state index in [-0.39, 0.29) is 43.7 Å². The van der Waals surface area contributed by atoms with Crippen molar-refractivity contribution in [3.8, 4) is 0 Å². The largest absolute Gasteiger partial charge is 0.456 e. The predicted molar refractivity (Wildman–Crippen MR) is 115 cm³/mol. The van der Waals surface area contributed by atoms with Crippen LogP contribution in [0.2, 0.25) is 0 Å². The summed E-state index contributed by atoms with van der Waals surface area (Å²) in [6, 6.07) is 12.4. The fourth-order valence-electron chi connectivity index (χ4n) is 3.86. The summed E-state index contributed by atoms with van der Waals surface area (Å²) in [5.74, 6) is -0.580. The fourth-order valence-corrected chi connectivity index (χ4v) is 3.86. The Morgan fingerprint density at radius 2 is 1.56 bits per heavy atom. The van der Waals surface area contributed by atoms with Crippen LogP contribution in [-0.4, -0.2) is 77.8 Å². The summed E-state index contributed by atoms with van der Waals surface area (Å²) in [6.07, 6.45) is 2.04. The summed E-state index contributed by atoms with van der Waals surface area (Å²) >= 11 is 0. The fraction of sp³-hybridized carbons (Fsp3) is 0.348. The van der Waals surface area contributed by atoms with Gasteiger partial charge in [0.05, 0.1) is 11.1 Å². The molecule has 2 aliphatic heterocycles. The highest BCUT2D eigenvalue weighted by Gasteiger charge is 2.34. The van der Waals surface area contributed by atoms with Crippen molar-refractivity contribution in [3.63, 3.8) is 0 Å². The average molecular weight is 436 g/mol. The number of pyridine rings is 1. The Morgan fingerprint density at radius 3 is 2.19 bits per heavy atom. The second-order valence-corrected chi connectivity index (χ2v) is 7.63. The molecule has 166 valence electrons. The lowest BCUT2D eigenvalue weighted by molar-refractivity contribution is -0.152. The predicted octanol–water partition coefficient (Wildman–Crippen LogP) is 1.35. The van der Waals surface area contributed by atoms with Gasteiger partial charge in [0.15, 0.2) is 6.61 Å². The molecule has 1 saturated heterocycles. The van der Waals surface area contributed by atoms with Gasteiger partial charge in [-0.05, 0) is 30.7 Å². The van der Waals surface area contributed by atoms with Gasteiger partial charge in [-0.3, -0.25) is 24.1 Å². The maximum atomic E-state index is 12.4. The summed E-state index contributed by atoms with van der Waals surface area (Å²) < 4.78 is 5.10. The van der Waals surface area contributed by atoms with Crippen LogP contribution in [-0.2, 0) is 14.3 Å². The van der Waals surface area contributed by atoms with Crippen LogP contribution in [0.3, 0.4) is 0 Å². The molecule has 0 unspecified atom stereocenters. The SMILES string of the molecule is O=C(CCCN1C(=O)c2ccccc2C1=O)OCC(=O)N1CCN(c2ccccn2)CC1. The molecular weight excluding hydrogens is 412 g/mol. The quantitative estimate of drug-likeness (QED) is 0.477. The normalized spacial score (nSPS) is 15.7. The van der Waals surface area contributed by atoms with Crippen molar-refractivity contribution in [1.82, 2.24) is 14.8 Å². The van der Waals surface area contributed by atoms with Crippen LogP contribution in [0.4, 0.5) is 5.82 Å². The summed E-state index contributed by atoms with van der Waals surface area (Å²) in [5.41, 5.74) is 0.766. The van der Waals surface area contributed by atoms with Gasteiger partial charge in [-0.1, -0.05) is 18.2 Å². The number of aromatic nitrogens is 1. The number of amides is 3. The van der Waals surface area contributed by atoms with Crippen LogP contribution in [0.1, 0.15) is 33.6 Å². The molecule has 0 bridgehead atoms. The van der Waals surface area contributed by atoms with Gasteiger partial charge in [-0.15, -0.1) is 0 Å². The van der Waals surface area contributed by atoms with Gasteiger partial charge in [0.2, 0.25) is 0 Å². The number of carbonyl (C=O) groups is 4. The van der Waals surface area contributed by atoms with Crippen LogP contribution in [0, 0.1) is 0 Å². The number of ether oxygens (including phenoxy) is 1. The molecule has 0 N–H and O–H groups in total. The highest BCUT2D eigenvalue weighted by Crippen LogP contribution is 2.22. The molecular formula is C23H24N4O5. The van der Waals surface area contributed by atoms with Crippen molar-refractivity contribution in [2.24, 2.45) is 0 Å². The average Bonchev–Trinajstić information content (AvgIpc) is 3.08. The van der Waals surface area contributed by atoms with E-state index in [1.54, 1.807) is 35.4 Å². The molecule has 1 aromatic heterocycles. The molecule has 0 saturated carbocycles. The number of piperazine rings is 1. The Hall–Kier alpha value is -3.75. The highest BCUT2D eigenvalue weighted by atomic mass is 16.5. The number of rotatable bonds is 7. The summed E-state index contributed by atoms with van der Waals surface area (Å²) in [5, 5.41) is 0. The van der Waals surface area contributed by atoms with E-state index in [0.29, 0.717) is 37.3 Å². The minimum atomic E-state index is -0.526. The molecule has 0 spiro atoms. The van der Waals surface area contributed by atoms with E-state index in [9.17, 15) is 19.2 Å². The first-order chi connectivity index (χ1) is 15.5. The maximum absolute atomic E-state index is 12.4. The molecule has 2 aromatic rings. The van der Waals surface area contributed by atoms with Crippen molar-refractivity contribution in [2.45, 2.75) is 12.8 Å². The third-order valence-electron chi connectivity index (χ3n) is 5.60. The number of carbonyl (C=O) groups excluding carboxylic acids is 4. The minimum Gasteiger partial charge on any atom is -0.456 e. The van der Waals surface area contributed by atoms with Crippen molar-refractivity contribution >= 4 is 29.5 Å². The van der Waals surface area contributed by atoms with E-state index < -0.39 is 5.97 Å². The van der Waals surface area contributed by atoms with Crippen LogP contribution in [0.25, 0.3) is 0 Å². The first kappa shape index (κ1) is 21.5. The standard InChI is InChI=1S/C23H24N4O5/c28-20(26-14-12-25(13-15-26)19-8-3-4-10-24-19)16-32-21(29)9-5-11-27-22(30)17-6-1-2-7-18(17)23(27)31/h1-4,6-8,10H,5,9,11-16H2. The molecule has 1 aromatic carbocycles. The van der Waals surface area contributed by atoms with E-state index in [0.717, 1.165) is 10.7 Å². The molecule has 0 radical (unpaired) electrons. The molecule has 32 heavy (non-hydrogen) atoms. The zero-order valence-corrected chi connectivity index (χ0v) is 17.6. The van der Waals surface area contributed by atoms with E-state index in [1.165, 1.54) is 0 Å². The second kappa shape index (κ2) is 9.59. The topological polar surface area (TPSA) is 100 Å². The molecule has 1 fully saturated rings. The van der Waals surface area contributed by atoms with Crippen LogP contribution >= 0.6 is 0 Å². The molecule has 3 heterocycles. The van der Waals surface area contributed by atoms with Gasteiger partial charge in [0.25, 0.3) is 17.7 Å². The van der Waals surface area contributed by atoms with Gasteiger partial charge in [-0.25, -0.2) is 4.98 Å². The highest BCUT2D eigenvalue weighted by molar-refractivity contribution is 6.21. The van der Waals surface area contributed by atoms with E-state index in [2.05, 4.69) is 9.88 Å². The molecule has 4 rings (SSSR count). The lowest BCUT2D eigenvalue weighted by Crippen LogP contribution is -2.50. The van der Waals surface area contributed by atoms with Gasteiger partial charge < -0.3 is 14.5 Å². The van der Waals surface area contributed by atoms with Gasteiger partial charge in [0, 0.05) is 45.3 Å². The molecule has 3 amide bonds. The Bertz CT molecular complexity index is 983. The van der Waals surface area contributed by atoms with Crippen LogP contribution in [0.5, 0.6) is 0 Å². The lowest BCUT2D eigenvalue weighted by atomic mass is 10.1. The van der Waals surface area contributed by atoms with Gasteiger partial charge in [-0.2, -0.15) is 0 Å². The molecule has 2 aliphatic rings. The number of anilines is 1. The summed E-state index contributed by atoms with van der Waals surface area (Å²) in [6.45, 7) is 2.22. The maximum Gasteiger partial charge on any atom is 0.306 e. The number of hydrogen-bond acceptors (Lipinski definition) is 7. The Balaban J connectivity index is 1.16. The molecule has 0 aliphatic carbocycles. The molecule has 0 atom stereocenters. The number of fused-ring (bicyclic) bond motifs is 1. The molecule has 9 heteroatoms. The van der Waals surface area contributed by atoms with Crippen LogP contribution in [0.15, 0.2) is 48.7 Å². The van der Waals surface area contributed by atoms with Gasteiger partial charge >= 0.3 is 5.97 Å². The zero-order chi connectivity index (χ0) is 22.5. The minimum absolute atomic E-state index is 0.0220. The smallest absolute Gasteiger partial charge is 0.306 e. The van der Waals surface area contributed by atoms with E-state index in [4.69, 9.17) is 4.74 Å². The second-order valence-electron chi connectivity index (χ2n) is 7.63. The first-order valence-electron chi connectivity index (χ1n) is 10.6. The van der Waals surface area contributed by atoms with Gasteiger partial charge in [0.1, 0.15) is 5.82 Å². The number of hydrogen-bond donors (Lipinski definition) is 0. The van der Waals surface area contributed by atoms with E-state index >= 15 is 0 Å². The van der Waals surface area contributed by atoms with Crippen molar-refractivity contribution in [1.29, 1.82) is 0 Å². The molecule has 9 nitrogen and oxygen atoms in total. The van der Waals surface area contributed by atoms with Crippen molar-refractivity contribution in [3.05, 3.63) is 59.8 Å². The Labute approximate surface area is 185 Å². The lowest BCUT2D eigenvalue weighted by Gasteiger charge is -2.35. The number of imide groups is 1. The monoisotopic (exact) mass is 436 g/mol. The summed E-state index contributed by atoms with van der Waals surface area (Å²) in [7, 11) is 0. The third kappa shape index (κ3) is 4.61. The Morgan fingerprint density at radius 1 is 0.906 bits per heavy atom. The van der Waals surface area contributed by atoms with E-state index in [1.807, 2.05) is 18.2 Å². The zero-order valence-electron chi connectivity index (χ0n) is 17.6. The number of benzene rings is 1. The van der Waals surface area contributed by atoms with Crippen molar-refractivity contribution in [2.75, 3.05) is 44.2 Å². The summed E-state index contributed by atoms with van der Waals surface area (Å²) in [4.78, 5) is 58.3. The third-order valence-corrected chi connectivity index (χ3v) is 5.60.